The fraction of sp³-hybridized carbons (Fsp3) is 0.439. The molecule has 14 heteroatoms. The number of hydrogen-bond acceptors (Lipinski definition) is 5. The molecule has 0 aliphatic heterocycles. The van der Waals surface area contributed by atoms with Crippen molar-refractivity contribution in [1.29, 1.82) is 0 Å². The highest BCUT2D eigenvalue weighted by Gasteiger charge is 2.47. The third-order valence-electron chi connectivity index (χ3n) is 10.9. The molecule has 2 aromatic carbocycles. The van der Waals surface area contributed by atoms with E-state index in [1.807, 2.05) is 62.7 Å². The monoisotopic (exact) mass is 777 g/mol. The maximum atomic E-state index is 14.8. The maximum Gasteiger partial charge on any atom is 0.418 e. The zero-order valence-electron chi connectivity index (χ0n) is 31.7. The molecular weight excluding hydrogens is 728 g/mol. The van der Waals surface area contributed by atoms with Gasteiger partial charge >= 0.3 is 6.18 Å². The summed E-state index contributed by atoms with van der Waals surface area (Å²) in [5.41, 5.74) is 0.192. The van der Waals surface area contributed by atoms with E-state index in [1.165, 1.54) is 6.07 Å². The Labute approximate surface area is 325 Å². The van der Waals surface area contributed by atoms with E-state index in [0.717, 1.165) is 17.2 Å². The van der Waals surface area contributed by atoms with E-state index in [0.29, 0.717) is 47.6 Å². The lowest BCUT2D eigenvalue weighted by molar-refractivity contribution is -0.137. The van der Waals surface area contributed by atoms with Gasteiger partial charge < -0.3 is 30.8 Å². The average Bonchev–Trinajstić information content (AvgIpc) is 3.82. The van der Waals surface area contributed by atoms with Gasteiger partial charge in [-0.1, -0.05) is 102 Å². The zero-order valence-corrected chi connectivity index (χ0v) is 32.5. The Balaban J connectivity index is 1.48. The molecule has 0 fully saturated rings. The van der Waals surface area contributed by atoms with Gasteiger partial charge in [-0.25, -0.2) is 4.98 Å². The number of halogens is 3. The van der Waals surface area contributed by atoms with E-state index in [4.69, 9.17) is 12.2 Å². The summed E-state index contributed by atoms with van der Waals surface area (Å²) in [7, 11) is 0. The maximum absolute atomic E-state index is 14.8. The molecule has 0 saturated carbocycles. The van der Waals surface area contributed by atoms with Gasteiger partial charge in [-0.2, -0.15) is 13.2 Å². The summed E-state index contributed by atoms with van der Waals surface area (Å²) in [5, 5.41) is 12.7. The van der Waals surface area contributed by atoms with E-state index in [1.54, 1.807) is 24.7 Å². The minimum atomic E-state index is -4.60. The smallest absolute Gasteiger partial charge is 0.376 e. The number of nitrogens with one attached hydrogen (secondary N) is 5. The number of aromatic amines is 1. The molecule has 1 aliphatic carbocycles. The standard InChI is InChI=1S/C41H50F3N7O3S/c1-6-25(4)34(48-33(52)22-28-13-10-9-12-27(28)8-3)37(53)50-40(17-16-32-30(23-40)29-14-11-15-31(36(29)47-32)41(42,43)44)39(54)49-35(26(5)7-2)38(55)46-19-21-51-20-18-45-24-51/h8-15,18,20,24-26,34-35,47H,3,6-7,16-17,19,21-23H2,1-2,4-5H3,(H,46,55)(H,48,52)(H,49,54)(H,50,53)/t25?,26?,34-,35-,40+/m0/s1. The Kier molecular flexibility index (Phi) is 13.2. The van der Waals surface area contributed by atoms with Gasteiger partial charge in [0, 0.05) is 43.0 Å². The molecule has 5 atom stereocenters. The lowest BCUT2D eigenvalue weighted by Gasteiger charge is -2.40. The molecule has 5 rings (SSSR count). The predicted molar refractivity (Wildman–Crippen MR) is 212 cm³/mol. The fourth-order valence-corrected chi connectivity index (χ4v) is 7.58. The zero-order chi connectivity index (χ0) is 39.9. The van der Waals surface area contributed by atoms with Crippen LogP contribution in [-0.4, -0.2) is 61.4 Å². The number of aryl methyl sites for hydroxylation is 1. The summed E-state index contributed by atoms with van der Waals surface area (Å²) in [5.74, 6) is -1.86. The first-order valence-corrected chi connectivity index (χ1v) is 19.2. The van der Waals surface area contributed by atoms with Crippen LogP contribution in [0.1, 0.15) is 74.9 Å². The van der Waals surface area contributed by atoms with Gasteiger partial charge in [0.15, 0.2) is 0 Å². The van der Waals surface area contributed by atoms with Crippen molar-refractivity contribution in [3.05, 3.63) is 95.7 Å². The summed E-state index contributed by atoms with van der Waals surface area (Å²) < 4.78 is 44.2. The van der Waals surface area contributed by atoms with E-state index >= 15 is 0 Å². The quantitative estimate of drug-likeness (QED) is 0.0851. The van der Waals surface area contributed by atoms with E-state index in [-0.39, 0.29) is 48.9 Å². The summed E-state index contributed by atoms with van der Waals surface area (Å²) in [6, 6.07) is 9.70. The Morgan fingerprint density at radius 1 is 1.05 bits per heavy atom. The van der Waals surface area contributed by atoms with Crippen LogP contribution in [0.4, 0.5) is 13.2 Å². The summed E-state index contributed by atoms with van der Waals surface area (Å²) in [6.45, 7) is 12.6. The molecule has 1 aliphatic rings. The van der Waals surface area contributed by atoms with Crippen LogP contribution in [0.5, 0.6) is 0 Å². The number of aromatic nitrogens is 3. The third-order valence-corrected chi connectivity index (χ3v) is 11.3. The van der Waals surface area contributed by atoms with Crippen molar-refractivity contribution >= 4 is 51.9 Å². The SMILES string of the molecule is C=Cc1ccccc1CC(=O)N[C@H](C(=O)N[C@]1(C(=O)N[C@H](C(=S)NCCn2ccnc2)C(C)CC)CCc2[nH]c3c(C(F)(F)F)cccc3c2C1)C(C)CC. The Hall–Kier alpha value is -4.98. The molecule has 4 aromatic rings. The number of benzene rings is 2. The molecule has 0 radical (unpaired) electrons. The van der Waals surface area contributed by atoms with Crippen LogP contribution >= 0.6 is 12.2 Å². The van der Waals surface area contributed by atoms with Gasteiger partial charge in [-0.05, 0) is 47.4 Å². The molecule has 2 heterocycles. The molecule has 55 heavy (non-hydrogen) atoms. The van der Waals surface area contributed by atoms with Crippen LogP contribution in [0.2, 0.25) is 0 Å². The van der Waals surface area contributed by atoms with Crippen molar-refractivity contribution in [3.63, 3.8) is 0 Å². The van der Waals surface area contributed by atoms with Crippen LogP contribution in [0, 0.1) is 11.8 Å². The average molecular weight is 778 g/mol. The van der Waals surface area contributed by atoms with Crippen molar-refractivity contribution in [1.82, 2.24) is 35.8 Å². The van der Waals surface area contributed by atoms with Crippen molar-refractivity contribution in [3.8, 4) is 0 Å². The predicted octanol–water partition coefficient (Wildman–Crippen LogP) is 6.29. The summed E-state index contributed by atoms with van der Waals surface area (Å²) in [6.07, 6.45) is 3.70. The highest BCUT2D eigenvalue weighted by atomic mass is 32.1. The number of para-hydroxylation sites is 1. The van der Waals surface area contributed by atoms with Gasteiger partial charge in [-0.15, -0.1) is 0 Å². The number of hydrogen-bond donors (Lipinski definition) is 5. The number of H-pyrrole nitrogens is 1. The fourth-order valence-electron chi connectivity index (χ4n) is 7.19. The number of carbonyl (C=O) groups excluding carboxylic acids is 3. The Bertz CT molecular complexity index is 2010. The van der Waals surface area contributed by atoms with E-state index in [2.05, 4.69) is 37.8 Å². The van der Waals surface area contributed by atoms with Crippen LogP contribution in [0.15, 0.2) is 67.8 Å². The number of nitrogens with zero attached hydrogens (tertiary/aromatic N) is 2. The topological polar surface area (TPSA) is 133 Å². The third kappa shape index (κ3) is 9.46. The van der Waals surface area contributed by atoms with Crippen molar-refractivity contribution in [2.45, 2.75) is 96.6 Å². The van der Waals surface area contributed by atoms with Gasteiger partial charge in [-0.3, -0.25) is 14.4 Å². The first-order chi connectivity index (χ1) is 26.2. The summed E-state index contributed by atoms with van der Waals surface area (Å²) in [4.78, 5) is 50.2. The number of thiocarbonyl (C=S) groups is 1. The molecule has 3 amide bonds. The Morgan fingerprint density at radius 3 is 2.45 bits per heavy atom. The van der Waals surface area contributed by atoms with Gasteiger partial charge in [0.05, 0.1) is 34.9 Å². The molecule has 2 unspecified atom stereocenters. The largest absolute Gasteiger partial charge is 0.418 e. The van der Waals surface area contributed by atoms with Gasteiger partial charge in [0.2, 0.25) is 17.7 Å². The van der Waals surface area contributed by atoms with Gasteiger partial charge in [0.25, 0.3) is 0 Å². The number of amides is 3. The van der Waals surface area contributed by atoms with Crippen molar-refractivity contribution in [2.24, 2.45) is 11.8 Å². The number of carbonyl (C=O) groups is 3. The number of alkyl halides is 3. The first kappa shape index (κ1) is 41.2. The Morgan fingerprint density at radius 2 is 1.78 bits per heavy atom. The molecular formula is C41H50F3N7O3S. The molecule has 5 N–H and O–H groups in total. The number of fused-ring (bicyclic) bond motifs is 3. The molecule has 0 spiro atoms. The van der Waals surface area contributed by atoms with Crippen LogP contribution in [-0.2, 0) is 46.4 Å². The number of imidazole rings is 1. The highest BCUT2D eigenvalue weighted by Crippen LogP contribution is 2.40. The second-order valence-corrected chi connectivity index (χ2v) is 14.9. The second-order valence-electron chi connectivity index (χ2n) is 14.5. The minimum Gasteiger partial charge on any atom is -0.376 e. The molecule has 2 aromatic heterocycles. The molecule has 10 nitrogen and oxygen atoms in total. The van der Waals surface area contributed by atoms with Crippen LogP contribution in [0.3, 0.4) is 0 Å². The minimum absolute atomic E-state index is 0.0101. The van der Waals surface area contributed by atoms with Gasteiger partial charge in [0.1, 0.15) is 11.6 Å². The number of rotatable bonds is 16. The first-order valence-electron chi connectivity index (χ1n) is 18.8. The normalized spacial score (nSPS) is 17.7. The second kappa shape index (κ2) is 17.7. The lowest BCUT2D eigenvalue weighted by Crippen LogP contribution is -2.67. The van der Waals surface area contributed by atoms with Crippen molar-refractivity contribution < 1.29 is 27.6 Å². The van der Waals surface area contributed by atoms with Crippen molar-refractivity contribution in [2.75, 3.05) is 6.54 Å². The van der Waals surface area contributed by atoms with Crippen LogP contribution in [0.25, 0.3) is 17.0 Å². The molecule has 0 bridgehead atoms. The van der Waals surface area contributed by atoms with Crippen LogP contribution < -0.4 is 21.3 Å². The van der Waals surface area contributed by atoms with E-state index in [9.17, 15) is 27.6 Å². The molecule has 294 valence electrons. The lowest BCUT2D eigenvalue weighted by atomic mass is 9.78. The summed E-state index contributed by atoms with van der Waals surface area (Å²) >= 11 is 5.83. The molecule has 0 saturated heterocycles. The van der Waals surface area contributed by atoms with E-state index < -0.39 is 41.2 Å². The highest BCUT2D eigenvalue weighted by molar-refractivity contribution is 7.80.